The van der Waals surface area contributed by atoms with Gasteiger partial charge in [-0.25, -0.2) is 0 Å². The van der Waals surface area contributed by atoms with E-state index < -0.39 is 0 Å². The van der Waals surface area contributed by atoms with Crippen LogP contribution < -0.4 is 0 Å². The van der Waals surface area contributed by atoms with Gasteiger partial charge in [-0.3, -0.25) is 4.79 Å². The standard InChI is InChI=1S/C23H22OS/c1-17-13-18(2)15-21(14-17)25-16-22(19-9-5-3-6-10-19)23(24)20-11-7-4-8-12-20/h3-15,22H,16H2,1-2H3. The van der Waals surface area contributed by atoms with E-state index in [9.17, 15) is 4.79 Å². The Hall–Kier alpha value is -2.32. The molecule has 0 amide bonds. The first-order chi connectivity index (χ1) is 12.1. The van der Waals surface area contributed by atoms with E-state index in [1.807, 2.05) is 60.7 Å². The molecule has 3 rings (SSSR count). The van der Waals surface area contributed by atoms with Gasteiger partial charge in [-0.15, -0.1) is 11.8 Å². The third-order valence-electron chi connectivity index (χ3n) is 4.19. The molecule has 3 aromatic rings. The Morgan fingerprint density at radius 2 is 1.40 bits per heavy atom. The Morgan fingerprint density at radius 3 is 2.00 bits per heavy atom. The van der Waals surface area contributed by atoms with Gasteiger partial charge in [-0.05, 0) is 42.7 Å². The van der Waals surface area contributed by atoms with Crippen LogP contribution in [0.2, 0.25) is 0 Å². The Kier molecular flexibility index (Phi) is 5.72. The van der Waals surface area contributed by atoms with Crippen molar-refractivity contribution < 1.29 is 4.79 Å². The number of ketones is 1. The molecule has 25 heavy (non-hydrogen) atoms. The zero-order valence-corrected chi connectivity index (χ0v) is 15.4. The lowest BCUT2D eigenvalue weighted by Crippen LogP contribution is -2.15. The number of hydrogen-bond donors (Lipinski definition) is 0. The van der Waals surface area contributed by atoms with Crippen LogP contribution in [0.4, 0.5) is 0 Å². The van der Waals surface area contributed by atoms with E-state index in [-0.39, 0.29) is 11.7 Å². The smallest absolute Gasteiger partial charge is 0.171 e. The minimum Gasteiger partial charge on any atom is -0.293 e. The van der Waals surface area contributed by atoms with Gasteiger partial charge in [0.05, 0.1) is 5.92 Å². The SMILES string of the molecule is Cc1cc(C)cc(SCC(C(=O)c2ccccc2)c2ccccc2)c1. The summed E-state index contributed by atoms with van der Waals surface area (Å²) in [6.45, 7) is 4.22. The minimum atomic E-state index is -0.144. The minimum absolute atomic E-state index is 0.144. The molecule has 0 bridgehead atoms. The van der Waals surface area contributed by atoms with E-state index in [4.69, 9.17) is 0 Å². The molecule has 0 fully saturated rings. The number of aryl methyl sites for hydroxylation is 2. The number of thioether (sulfide) groups is 1. The maximum Gasteiger partial charge on any atom is 0.171 e. The van der Waals surface area contributed by atoms with E-state index in [0.29, 0.717) is 0 Å². The molecule has 126 valence electrons. The highest BCUT2D eigenvalue weighted by Crippen LogP contribution is 2.30. The highest BCUT2D eigenvalue weighted by molar-refractivity contribution is 7.99. The van der Waals surface area contributed by atoms with Gasteiger partial charge in [0, 0.05) is 16.2 Å². The molecular weight excluding hydrogens is 324 g/mol. The van der Waals surface area contributed by atoms with Gasteiger partial charge in [-0.1, -0.05) is 66.7 Å². The fraction of sp³-hybridized carbons (Fsp3) is 0.174. The van der Waals surface area contributed by atoms with Gasteiger partial charge < -0.3 is 0 Å². The summed E-state index contributed by atoms with van der Waals surface area (Å²) >= 11 is 1.75. The lowest BCUT2D eigenvalue weighted by molar-refractivity contribution is 0.0968. The summed E-state index contributed by atoms with van der Waals surface area (Å²) in [5, 5.41) is 0. The molecule has 1 nitrogen and oxygen atoms in total. The molecule has 0 radical (unpaired) electrons. The molecule has 1 atom stereocenters. The average Bonchev–Trinajstić information content (AvgIpc) is 2.62. The Balaban J connectivity index is 1.85. The molecule has 0 spiro atoms. The van der Waals surface area contributed by atoms with Crippen LogP contribution in [0, 0.1) is 13.8 Å². The second-order valence-electron chi connectivity index (χ2n) is 6.33. The van der Waals surface area contributed by atoms with Crippen LogP contribution in [-0.2, 0) is 0 Å². The largest absolute Gasteiger partial charge is 0.293 e. The quantitative estimate of drug-likeness (QED) is 0.398. The van der Waals surface area contributed by atoms with Crippen LogP contribution in [0.25, 0.3) is 0 Å². The van der Waals surface area contributed by atoms with Crippen molar-refractivity contribution >= 4 is 17.5 Å². The van der Waals surface area contributed by atoms with Crippen molar-refractivity contribution in [2.45, 2.75) is 24.7 Å². The molecule has 0 heterocycles. The van der Waals surface area contributed by atoms with Crippen molar-refractivity contribution in [3.05, 3.63) is 101 Å². The Morgan fingerprint density at radius 1 is 0.840 bits per heavy atom. The summed E-state index contributed by atoms with van der Waals surface area (Å²) in [6, 6.07) is 26.2. The predicted molar refractivity (Wildman–Crippen MR) is 107 cm³/mol. The maximum absolute atomic E-state index is 13.1. The molecular formula is C23H22OS. The van der Waals surface area contributed by atoms with Crippen LogP contribution in [0.15, 0.2) is 83.8 Å². The van der Waals surface area contributed by atoms with Gasteiger partial charge in [0.15, 0.2) is 5.78 Å². The van der Waals surface area contributed by atoms with Crippen LogP contribution in [0.5, 0.6) is 0 Å². The Bertz CT molecular complexity index is 820. The first kappa shape index (κ1) is 17.5. The van der Waals surface area contributed by atoms with Crippen molar-refractivity contribution in [3.8, 4) is 0 Å². The Labute approximate surface area is 154 Å². The van der Waals surface area contributed by atoms with Crippen molar-refractivity contribution in [3.63, 3.8) is 0 Å². The fourth-order valence-electron chi connectivity index (χ4n) is 3.01. The number of hydrogen-bond acceptors (Lipinski definition) is 2. The zero-order chi connectivity index (χ0) is 17.6. The molecule has 0 saturated heterocycles. The van der Waals surface area contributed by atoms with Gasteiger partial charge in [0.2, 0.25) is 0 Å². The van der Waals surface area contributed by atoms with Crippen LogP contribution in [0.1, 0.15) is 33.0 Å². The van der Waals surface area contributed by atoms with Gasteiger partial charge in [-0.2, -0.15) is 0 Å². The number of Topliss-reactive ketones (excluding diaryl/α,β-unsaturated/α-hetero) is 1. The second kappa shape index (κ2) is 8.17. The highest BCUT2D eigenvalue weighted by atomic mass is 32.2. The predicted octanol–water partition coefficient (Wildman–Crippen LogP) is 6.06. The third-order valence-corrected chi connectivity index (χ3v) is 5.26. The van der Waals surface area contributed by atoms with Crippen LogP contribution in [0.3, 0.4) is 0 Å². The second-order valence-corrected chi connectivity index (χ2v) is 7.42. The summed E-state index contributed by atoms with van der Waals surface area (Å²) < 4.78 is 0. The molecule has 0 aromatic heterocycles. The fourth-order valence-corrected chi connectivity index (χ4v) is 4.25. The molecule has 0 saturated carbocycles. The molecule has 0 N–H and O–H groups in total. The molecule has 0 aliphatic rings. The van der Waals surface area contributed by atoms with Gasteiger partial charge in [0.25, 0.3) is 0 Å². The first-order valence-corrected chi connectivity index (χ1v) is 9.47. The van der Waals surface area contributed by atoms with E-state index in [0.717, 1.165) is 16.9 Å². The monoisotopic (exact) mass is 346 g/mol. The maximum atomic E-state index is 13.1. The van der Waals surface area contributed by atoms with Crippen molar-refractivity contribution in [1.29, 1.82) is 0 Å². The molecule has 0 aliphatic carbocycles. The lowest BCUT2D eigenvalue weighted by atomic mass is 9.92. The van der Waals surface area contributed by atoms with E-state index in [1.54, 1.807) is 11.8 Å². The highest BCUT2D eigenvalue weighted by Gasteiger charge is 2.22. The summed E-state index contributed by atoms with van der Waals surface area (Å²) in [5.41, 5.74) is 4.37. The van der Waals surface area contributed by atoms with Crippen LogP contribution >= 0.6 is 11.8 Å². The number of benzene rings is 3. The summed E-state index contributed by atoms with van der Waals surface area (Å²) in [4.78, 5) is 14.3. The molecule has 2 heteroatoms. The topological polar surface area (TPSA) is 17.1 Å². The zero-order valence-electron chi connectivity index (χ0n) is 14.6. The molecule has 0 aliphatic heterocycles. The average molecular weight is 346 g/mol. The summed E-state index contributed by atoms with van der Waals surface area (Å²) in [5.74, 6) is 0.777. The van der Waals surface area contributed by atoms with Crippen molar-refractivity contribution in [2.75, 3.05) is 5.75 Å². The van der Waals surface area contributed by atoms with Crippen molar-refractivity contribution in [2.24, 2.45) is 0 Å². The van der Waals surface area contributed by atoms with E-state index in [2.05, 4.69) is 32.0 Å². The number of rotatable bonds is 6. The molecule has 1 unspecified atom stereocenters. The van der Waals surface area contributed by atoms with Crippen molar-refractivity contribution in [1.82, 2.24) is 0 Å². The van der Waals surface area contributed by atoms with Crippen LogP contribution in [-0.4, -0.2) is 11.5 Å². The summed E-state index contributed by atoms with van der Waals surface area (Å²) in [6.07, 6.45) is 0. The van der Waals surface area contributed by atoms with Gasteiger partial charge >= 0.3 is 0 Å². The summed E-state index contributed by atoms with van der Waals surface area (Å²) in [7, 11) is 0. The first-order valence-electron chi connectivity index (χ1n) is 8.49. The number of carbonyl (C=O) groups is 1. The van der Waals surface area contributed by atoms with Gasteiger partial charge in [0.1, 0.15) is 0 Å². The van der Waals surface area contributed by atoms with E-state index >= 15 is 0 Å². The number of carbonyl (C=O) groups excluding carboxylic acids is 1. The molecule has 3 aromatic carbocycles. The van der Waals surface area contributed by atoms with E-state index in [1.165, 1.54) is 16.0 Å². The lowest BCUT2D eigenvalue weighted by Gasteiger charge is -2.17. The third kappa shape index (κ3) is 4.61. The normalized spacial score (nSPS) is 11.9.